The van der Waals surface area contributed by atoms with E-state index >= 15 is 0 Å². The van der Waals surface area contributed by atoms with Gasteiger partial charge in [-0.25, -0.2) is 0 Å². The standard InChI is InChI=1S/C16H14N2O3S2/c19-14(20)2-1-7-18-15(21)13(23-16(18)22)9-10-3-4-11-5-6-17-12(11)8-10/h3-6,8-9,21H,1-2,7H2,(H,19,20). The van der Waals surface area contributed by atoms with E-state index in [0.717, 1.165) is 16.1 Å². The Kier molecular flexibility index (Phi) is 4.40. The lowest BCUT2D eigenvalue weighted by atomic mass is 10.2. The minimum Gasteiger partial charge on any atom is -0.493 e. The van der Waals surface area contributed by atoms with E-state index in [9.17, 15) is 9.90 Å². The number of aromatic nitrogens is 1. The molecule has 1 aliphatic rings. The van der Waals surface area contributed by atoms with E-state index in [-0.39, 0.29) is 12.3 Å². The zero-order valence-corrected chi connectivity index (χ0v) is 13.7. The summed E-state index contributed by atoms with van der Waals surface area (Å²) in [6, 6.07) is 5.89. The fraction of sp³-hybridized carbons (Fsp3) is 0.188. The van der Waals surface area contributed by atoms with Gasteiger partial charge in [0.25, 0.3) is 0 Å². The van der Waals surface area contributed by atoms with E-state index in [1.165, 1.54) is 11.3 Å². The van der Waals surface area contributed by atoms with Crippen LogP contribution in [0.4, 0.5) is 5.69 Å². The molecule has 0 spiro atoms. The predicted octanol–water partition coefficient (Wildman–Crippen LogP) is 2.17. The molecule has 23 heavy (non-hydrogen) atoms. The molecule has 0 bridgehead atoms. The highest BCUT2D eigenvalue weighted by Crippen LogP contribution is 2.27. The Labute approximate surface area is 141 Å². The first-order chi connectivity index (χ1) is 11.0. The summed E-state index contributed by atoms with van der Waals surface area (Å²) in [7, 11) is 0. The number of nitrogens with zero attached hydrogens (tertiary/aromatic N) is 2. The van der Waals surface area contributed by atoms with Gasteiger partial charge in [-0.2, -0.15) is 0 Å². The van der Waals surface area contributed by atoms with Gasteiger partial charge < -0.3 is 10.2 Å². The Bertz CT molecular complexity index is 970. The average Bonchev–Trinajstić information content (AvgIpc) is 3.06. The molecule has 118 valence electrons. The summed E-state index contributed by atoms with van der Waals surface area (Å²) in [4.78, 5) is 15.5. The molecule has 0 radical (unpaired) electrons. The van der Waals surface area contributed by atoms with Crippen molar-refractivity contribution < 1.29 is 15.0 Å². The minimum atomic E-state index is -0.853. The van der Waals surface area contributed by atoms with Crippen LogP contribution in [0.3, 0.4) is 0 Å². The maximum Gasteiger partial charge on any atom is 0.303 e. The Morgan fingerprint density at radius 2 is 2.26 bits per heavy atom. The van der Waals surface area contributed by atoms with Crippen molar-refractivity contribution in [2.24, 2.45) is 4.99 Å². The van der Waals surface area contributed by atoms with E-state index in [4.69, 9.17) is 17.3 Å². The number of aliphatic carboxylic acids is 1. The van der Waals surface area contributed by atoms with Crippen LogP contribution < -0.4 is 10.4 Å². The van der Waals surface area contributed by atoms with Crippen molar-refractivity contribution in [2.75, 3.05) is 0 Å². The van der Waals surface area contributed by atoms with Crippen LogP contribution in [0, 0.1) is 3.95 Å². The predicted molar refractivity (Wildman–Crippen MR) is 93.6 cm³/mol. The Morgan fingerprint density at radius 1 is 1.43 bits per heavy atom. The number of aromatic hydroxyl groups is 1. The first-order valence-corrected chi connectivity index (χ1v) is 8.27. The van der Waals surface area contributed by atoms with Crippen LogP contribution in [0.15, 0.2) is 23.2 Å². The van der Waals surface area contributed by atoms with Crippen LogP contribution in [-0.2, 0) is 11.3 Å². The van der Waals surface area contributed by atoms with Gasteiger partial charge in [-0.3, -0.25) is 14.4 Å². The molecule has 5 nitrogen and oxygen atoms in total. The van der Waals surface area contributed by atoms with Gasteiger partial charge in [0.05, 0.1) is 10.6 Å². The average molecular weight is 346 g/mol. The minimum absolute atomic E-state index is 0.0510. The molecule has 1 aromatic carbocycles. The van der Waals surface area contributed by atoms with Gasteiger partial charge in [-0.1, -0.05) is 12.1 Å². The SMILES string of the molecule is O=C(O)CCCn1c(O)c(C=c2ccc3c(c2)N=CC=3)sc1=S. The summed E-state index contributed by atoms with van der Waals surface area (Å²) in [5.41, 5.74) is 0.905. The first kappa shape index (κ1) is 15.6. The second-order valence-electron chi connectivity index (χ2n) is 5.11. The molecule has 1 aromatic heterocycles. The Hall–Kier alpha value is -2.25. The molecule has 2 heterocycles. The second kappa shape index (κ2) is 6.47. The fourth-order valence-electron chi connectivity index (χ4n) is 2.35. The summed E-state index contributed by atoms with van der Waals surface area (Å²) in [5, 5.41) is 21.0. The Morgan fingerprint density at radius 3 is 3.04 bits per heavy atom. The molecule has 0 saturated heterocycles. The summed E-state index contributed by atoms with van der Waals surface area (Å²) < 4.78 is 2.11. The van der Waals surface area contributed by atoms with Gasteiger partial charge in [0.15, 0.2) is 3.95 Å². The van der Waals surface area contributed by atoms with Gasteiger partial charge >= 0.3 is 5.97 Å². The van der Waals surface area contributed by atoms with Crippen molar-refractivity contribution in [3.63, 3.8) is 0 Å². The molecule has 0 fully saturated rings. The van der Waals surface area contributed by atoms with E-state index < -0.39 is 5.97 Å². The van der Waals surface area contributed by atoms with Crippen LogP contribution in [0.25, 0.3) is 12.2 Å². The molecule has 3 rings (SSSR count). The lowest BCUT2D eigenvalue weighted by molar-refractivity contribution is -0.137. The van der Waals surface area contributed by atoms with Crippen molar-refractivity contribution in [1.29, 1.82) is 0 Å². The van der Waals surface area contributed by atoms with Crippen LogP contribution in [-0.4, -0.2) is 27.0 Å². The van der Waals surface area contributed by atoms with E-state index in [1.807, 2.05) is 30.4 Å². The fourth-order valence-corrected chi connectivity index (χ4v) is 3.67. The lowest BCUT2D eigenvalue weighted by Gasteiger charge is -2.02. The number of carbonyl (C=O) groups is 1. The highest BCUT2D eigenvalue weighted by atomic mass is 32.1. The quantitative estimate of drug-likeness (QED) is 0.814. The monoisotopic (exact) mass is 346 g/mol. The smallest absolute Gasteiger partial charge is 0.303 e. The van der Waals surface area contributed by atoms with Gasteiger partial charge in [0, 0.05) is 24.4 Å². The third kappa shape index (κ3) is 3.40. The number of fused-ring (bicyclic) bond motifs is 1. The van der Waals surface area contributed by atoms with E-state index in [0.29, 0.717) is 21.8 Å². The highest BCUT2D eigenvalue weighted by molar-refractivity contribution is 7.73. The van der Waals surface area contributed by atoms with Crippen LogP contribution in [0.2, 0.25) is 0 Å². The molecule has 1 aliphatic heterocycles. The van der Waals surface area contributed by atoms with E-state index in [2.05, 4.69) is 4.99 Å². The second-order valence-corrected chi connectivity index (χ2v) is 6.79. The maximum atomic E-state index is 10.6. The third-order valence-electron chi connectivity index (χ3n) is 3.49. The van der Waals surface area contributed by atoms with Crippen LogP contribution in [0.1, 0.15) is 17.7 Å². The van der Waals surface area contributed by atoms with Gasteiger partial charge in [-0.15, -0.1) is 11.3 Å². The maximum absolute atomic E-state index is 10.6. The first-order valence-electron chi connectivity index (χ1n) is 7.05. The largest absolute Gasteiger partial charge is 0.493 e. The van der Waals surface area contributed by atoms with Crippen molar-refractivity contribution in [2.45, 2.75) is 19.4 Å². The highest BCUT2D eigenvalue weighted by Gasteiger charge is 2.10. The van der Waals surface area contributed by atoms with Gasteiger partial charge in [-0.05, 0) is 42.1 Å². The zero-order valence-electron chi connectivity index (χ0n) is 12.1. The Balaban J connectivity index is 1.91. The van der Waals surface area contributed by atoms with Gasteiger partial charge in [0.2, 0.25) is 5.88 Å². The number of carboxylic acid groups (broad SMARTS) is 1. The third-order valence-corrected chi connectivity index (χ3v) is 4.87. The topological polar surface area (TPSA) is 74.8 Å². The molecule has 0 aliphatic carbocycles. The molecule has 0 saturated carbocycles. The summed E-state index contributed by atoms with van der Waals surface area (Å²) in [6.45, 7) is 0.394. The van der Waals surface area contributed by atoms with Crippen molar-refractivity contribution >= 4 is 53.6 Å². The number of thiazole rings is 1. The lowest BCUT2D eigenvalue weighted by Crippen LogP contribution is -2.06. The molecule has 2 aromatic rings. The number of rotatable bonds is 5. The zero-order chi connectivity index (χ0) is 16.4. The molecule has 0 unspecified atom stereocenters. The number of hydrogen-bond donors (Lipinski definition) is 2. The summed E-state index contributed by atoms with van der Waals surface area (Å²) >= 11 is 6.57. The summed E-state index contributed by atoms with van der Waals surface area (Å²) in [5.74, 6) is -0.769. The van der Waals surface area contributed by atoms with Crippen LogP contribution >= 0.6 is 23.6 Å². The molecule has 7 heteroatoms. The molecule has 2 N–H and O–H groups in total. The number of carboxylic acids is 1. The van der Waals surface area contributed by atoms with Crippen molar-refractivity contribution in [3.8, 4) is 5.88 Å². The molecular formula is C16H14N2O3S2. The normalized spacial score (nSPS) is 13.1. The number of aliphatic imine (C=N–C) groups is 1. The molecule has 0 amide bonds. The molecular weight excluding hydrogens is 332 g/mol. The van der Waals surface area contributed by atoms with Gasteiger partial charge in [0.1, 0.15) is 0 Å². The number of benzene rings is 1. The molecule has 0 atom stereocenters. The van der Waals surface area contributed by atoms with Crippen molar-refractivity contribution in [3.05, 3.63) is 37.5 Å². The van der Waals surface area contributed by atoms with Crippen molar-refractivity contribution in [1.82, 2.24) is 4.57 Å². The van der Waals surface area contributed by atoms with E-state index in [1.54, 1.807) is 10.8 Å². The number of hydrogen-bond acceptors (Lipinski definition) is 5. The van der Waals surface area contributed by atoms with Crippen LogP contribution in [0.5, 0.6) is 5.88 Å². The summed E-state index contributed by atoms with van der Waals surface area (Å²) in [6.07, 6.45) is 6.04.